The Labute approximate surface area is 103 Å². The molecule has 0 aliphatic rings. The lowest BCUT2D eigenvalue weighted by atomic mass is 9.95. The Morgan fingerprint density at radius 1 is 1.35 bits per heavy atom. The van der Waals surface area contributed by atoms with Crippen molar-refractivity contribution in [2.45, 2.75) is 20.8 Å². The summed E-state index contributed by atoms with van der Waals surface area (Å²) in [6.45, 7) is 7.26. The average molecular weight is 235 g/mol. The molecule has 0 radical (unpaired) electrons. The third-order valence-corrected chi connectivity index (χ3v) is 2.41. The van der Waals surface area contributed by atoms with Crippen LogP contribution in [0.1, 0.15) is 31.1 Å². The third kappa shape index (κ3) is 3.66. The summed E-state index contributed by atoms with van der Waals surface area (Å²) in [6.07, 6.45) is 0. The maximum atomic E-state index is 11.4. The van der Waals surface area contributed by atoms with Crippen LogP contribution in [0.15, 0.2) is 18.2 Å². The second-order valence-corrected chi connectivity index (χ2v) is 5.56. The summed E-state index contributed by atoms with van der Waals surface area (Å²) in [4.78, 5) is 13.4. The highest BCUT2D eigenvalue weighted by atomic mass is 16.1. The van der Waals surface area contributed by atoms with Gasteiger partial charge in [-0.3, -0.25) is 4.79 Å². The van der Waals surface area contributed by atoms with Crippen LogP contribution in [-0.4, -0.2) is 19.5 Å². The van der Waals surface area contributed by atoms with Crippen molar-refractivity contribution in [2.75, 3.05) is 24.2 Å². The zero-order chi connectivity index (χ0) is 13.2. The van der Waals surface area contributed by atoms with Crippen molar-refractivity contribution in [3.05, 3.63) is 23.8 Å². The van der Waals surface area contributed by atoms with Gasteiger partial charge in [-0.25, -0.2) is 0 Å². The Kier molecular flexibility index (Phi) is 3.66. The van der Waals surface area contributed by atoms with Crippen LogP contribution in [0.4, 0.5) is 11.4 Å². The van der Waals surface area contributed by atoms with E-state index < -0.39 is 5.91 Å². The number of amides is 1. The number of hydrogen-bond acceptors (Lipinski definition) is 3. The zero-order valence-corrected chi connectivity index (χ0v) is 10.9. The Bertz CT molecular complexity index is 421. The molecule has 4 N–H and O–H groups in total. The molecule has 0 aliphatic carbocycles. The highest BCUT2D eigenvalue weighted by Crippen LogP contribution is 2.25. The van der Waals surface area contributed by atoms with E-state index in [0.717, 1.165) is 12.2 Å². The van der Waals surface area contributed by atoms with Gasteiger partial charge in [0.25, 0.3) is 5.91 Å². The Hall–Kier alpha value is -1.71. The standard InChI is InChI=1S/C13H21N3O/c1-13(2,3)8-16(4)11-6-5-9(14)7-10(11)12(15)17/h5-7H,8,14H2,1-4H3,(H2,15,17). The van der Waals surface area contributed by atoms with Crippen molar-refractivity contribution in [3.8, 4) is 0 Å². The van der Waals surface area contributed by atoms with E-state index >= 15 is 0 Å². The van der Waals surface area contributed by atoms with Crippen LogP contribution in [0.5, 0.6) is 0 Å². The molecule has 0 aliphatic heterocycles. The summed E-state index contributed by atoms with van der Waals surface area (Å²) < 4.78 is 0. The smallest absolute Gasteiger partial charge is 0.250 e. The Morgan fingerprint density at radius 2 is 1.94 bits per heavy atom. The number of nitrogens with two attached hydrogens (primary N) is 2. The van der Waals surface area contributed by atoms with Crippen LogP contribution in [0, 0.1) is 5.41 Å². The highest BCUT2D eigenvalue weighted by molar-refractivity contribution is 5.99. The minimum absolute atomic E-state index is 0.144. The van der Waals surface area contributed by atoms with Gasteiger partial charge in [-0.2, -0.15) is 0 Å². The molecule has 1 aromatic carbocycles. The number of carbonyl (C=O) groups excluding carboxylic acids is 1. The fraction of sp³-hybridized carbons (Fsp3) is 0.462. The van der Waals surface area contributed by atoms with E-state index in [4.69, 9.17) is 11.5 Å². The predicted molar refractivity (Wildman–Crippen MR) is 72.1 cm³/mol. The molecule has 4 nitrogen and oxygen atoms in total. The number of benzene rings is 1. The molecule has 0 aromatic heterocycles. The fourth-order valence-corrected chi connectivity index (χ4v) is 1.88. The first kappa shape index (κ1) is 13.4. The van der Waals surface area contributed by atoms with Crippen molar-refractivity contribution in [1.29, 1.82) is 0 Å². The number of primary amides is 1. The molecule has 0 bridgehead atoms. The summed E-state index contributed by atoms with van der Waals surface area (Å²) in [5.74, 6) is -0.451. The Morgan fingerprint density at radius 3 is 2.41 bits per heavy atom. The maximum absolute atomic E-state index is 11.4. The molecule has 0 saturated carbocycles. The number of anilines is 2. The molecule has 0 atom stereocenters. The molecule has 17 heavy (non-hydrogen) atoms. The fourth-order valence-electron chi connectivity index (χ4n) is 1.88. The van der Waals surface area contributed by atoms with Crippen molar-refractivity contribution >= 4 is 17.3 Å². The van der Waals surface area contributed by atoms with Gasteiger partial charge in [0.15, 0.2) is 0 Å². The molecule has 1 rings (SSSR count). The third-order valence-electron chi connectivity index (χ3n) is 2.41. The largest absolute Gasteiger partial charge is 0.399 e. The highest BCUT2D eigenvalue weighted by Gasteiger charge is 2.17. The van der Waals surface area contributed by atoms with E-state index in [1.807, 2.05) is 18.0 Å². The number of hydrogen-bond donors (Lipinski definition) is 2. The van der Waals surface area contributed by atoms with Gasteiger partial charge in [0, 0.05) is 25.0 Å². The van der Waals surface area contributed by atoms with E-state index in [0.29, 0.717) is 11.3 Å². The van der Waals surface area contributed by atoms with Crippen LogP contribution in [0.2, 0.25) is 0 Å². The Balaban J connectivity index is 3.09. The van der Waals surface area contributed by atoms with Gasteiger partial charge in [0.05, 0.1) is 5.56 Å². The molecule has 4 heteroatoms. The van der Waals surface area contributed by atoms with Crippen LogP contribution >= 0.6 is 0 Å². The van der Waals surface area contributed by atoms with Crippen molar-refractivity contribution in [2.24, 2.45) is 11.1 Å². The number of carbonyl (C=O) groups is 1. The number of rotatable bonds is 3. The van der Waals surface area contributed by atoms with E-state index in [1.165, 1.54) is 0 Å². The lowest BCUT2D eigenvalue weighted by Crippen LogP contribution is -2.31. The van der Waals surface area contributed by atoms with Crippen molar-refractivity contribution < 1.29 is 4.79 Å². The SMILES string of the molecule is CN(CC(C)(C)C)c1ccc(N)cc1C(N)=O. The summed E-state index contributed by atoms with van der Waals surface area (Å²) in [7, 11) is 1.95. The second kappa shape index (κ2) is 4.65. The van der Waals surface area contributed by atoms with Crippen molar-refractivity contribution in [1.82, 2.24) is 0 Å². The molecule has 1 amide bonds. The monoisotopic (exact) mass is 235 g/mol. The first-order chi connectivity index (χ1) is 7.70. The van der Waals surface area contributed by atoms with Crippen LogP contribution < -0.4 is 16.4 Å². The minimum Gasteiger partial charge on any atom is -0.399 e. The summed E-state index contributed by atoms with van der Waals surface area (Å²) in [5, 5.41) is 0. The lowest BCUT2D eigenvalue weighted by molar-refractivity contribution is 0.100. The second-order valence-electron chi connectivity index (χ2n) is 5.56. The van der Waals surface area contributed by atoms with Gasteiger partial charge >= 0.3 is 0 Å². The first-order valence-corrected chi connectivity index (χ1v) is 5.61. The van der Waals surface area contributed by atoms with Gasteiger partial charge < -0.3 is 16.4 Å². The van der Waals surface area contributed by atoms with E-state index in [1.54, 1.807) is 12.1 Å². The van der Waals surface area contributed by atoms with Gasteiger partial charge in [0.1, 0.15) is 0 Å². The van der Waals surface area contributed by atoms with Gasteiger partial charge in [0.2, 0.25) is 0 Å². The van der Waals surface area contributed by atoms with E-state index in [9.17, 15) is 4.79 Å². The van der Waals surface area contributed by atoms with Crippen LogP contribution in [0.25, 0.3) is 0 Å². The van der Waals surface area contributed by atoms with Crippen molar-refractivity contribution in [3.63, 3.8) is 0 Å². The molecule has 0 heterocycles. The maximum Gasteiger partial charge on any atom is 0.250 e. The molecule has 0 fully saturated rings. The van der Waals surface area contributed by atoms with E-state index in [-0.39, 0.29) is 5.41 Å². The average Bonchev–Trinajstić information content (AvgIpc) is 2.14. The van der Waals surface area contributed by atoms with Gasteiger partial charge in [-0.05, 0) is 23.6 Å². The first-order valence-electron chi connectivity index (χ1n) is 5.61. The zero-order valence-electron chi connectivity index (χ0n) is 10.9. The molecular formula is C13H21N3O. The van der Waals surface area contributed by atoms with E-state index in [2.05, 4.69) is 20.8 Å². The number of nitrogen functional groups attached to an aromatic ring is 1. The van der Waals surface area contributed by atoms with Crippen LogP contribution in [-0.2, 0) is 0 Å². The summed E-state index contributed by atoms with van der Waals surface area (Å²) in [6, 6.07) is 5.24. The summed E-state index contributed by atoms with van der Waals surface area (Å²) >= 11 is 0. The van der Waals surface area contributed by atoms with Gasteiger partial charge in [-0.1, -0.05) is 20.8 Å². The molecule has 0 saturated heterocycles. The number of nitrogens with zero attached hydrogens (tertiary/aromatic N) is 1. The van der Waals surface area contributed by atoms with Gasteiger partial charge in [-0.15, -0.1) is 0 Å². The minimum atomic E-state index is -0.451. The topological polar surface area (TPSA) is 72.3 Å². The molecule has 94 valence electrons. The molecule has 1 aromatic rings. The molecular weight excluding hydrogens is 214 g/mol. The summed E-state index contributed by atoms with van der Waals surface area (Å²) in [5.41, 5.74) is 13.0. The quantitative estimate of drug-likeness (QED) is 0.785. The normalized spacial score (nSPS) is 11.3. The lowest BCUT2D eigenvalue weighted by Gasteiger charge is -2.29. The molecule has 0 unspecified atom stereocenters. The molecule has 0 spiro atoms. The van der Waals surface area contributed by atoms with Crippen LogP contribution in [0.3, 0.4) is 0 Å². The predicted octanol–water partition coefficient (Wildman–Crippen LogP) is 1.85.